The van der Waals surface area contributed by atoms with Crippen molar-refractivity contribution in [3.8, 4) is 0 Å². The van der Waals surface area contributed by atoms with Gasteiger partial charge in [0.15, 0.2) is 0 Å². The van der Waals surface area contributed by atoms with E-state index in [0.717, 1.165) is 12.2 Å². The predicted molar refractivity (Wildman–Crippen MR) is 35.2 cm³/mol. The third-order valence-electron chi connectivity index (χ3n) is 0.848. The van der Waals surface area contributed by atoms with Crippen LogP contribution in [-0.2, 0) is 4.79 Å². The Morgan fingerprint density at radius 3 is 2.40 bits per heavy atom. The standard InChI is InChI=1S/C7H8F2O/c8-4-1-2-7(6-10)3-5-9/h1-3,6H,4-5H2/b2-1-,7-3+. The van der Waals surface area contributed by atoms with E-state index in [2.05, 4.69) is 0 Å². The second-order valence-corrected chi connectivity index (χ2v) is 1.53. The number of carbonyl (C=O) groups excluding carboxylic acids is 1. The maximum absolute atomic E-state index is 11.5. The van der Waals surface area contributed by atoms with Crippen LogP contribution in [0.3, 0.4) is 0 Å². The van der Waals surface area contributed by atoms with Crippen molar-refractivity contribution in [2.45, 2.75) is 0 Å². The van der Waals surface area contributed by atoms with Gasteiger partial charge in [0, 0.05) is 5.57 Å². The van der Waals surface area contributed by atoms with E-state index < -0.39 is 13.3 Å². The van der Waals surface area contributed by atoms with E-state index in [-0.39, 0.29) is 5.57 Å². The molecule has 10 heavy (non-hydrogen) atoms. The third-order valence-corrected chi connectivity index (χ3v) is 0.848. The van der Waals surface area contributed by atoms with Gasteiger partial charge in [-0.25, -0.2) is 8.78 Å². The highest BCUT2D eigenvalue weighted by Crippen LogP contribution is 1.92. The van der Waals surface area contributed by atoms with Gasteiger partial charge >= 0.3 is 0 Å². The monoisotopic (exact) mass is 146 g/mol. The molecule has 0 aliphatic rings. The molecule has 0 bridgehead atoms. The Labute approximate surface area is 58.0 Å². The molecule has 0 aromatic carbocycles. The summed E-state index contributed by atoms with van der Waals surface area (Å²) >= 11 is 0. The van der Waals surface area contributed by atoms with Gasteiger partial charge in [0.25, 0.3) is 0 Å². The minimum Gasteiger partial charge on any atom is -0.298 e. The highest BCUT2D eigenvalue weighted by molar-refractivity contribution is 5.77. The molecule has 0 saturated carbocycles. The molecule has 56 valence electrons. The Hall–Kier alpha value is -0.990. The van der Waals surface area contributed by atoms with E-state index in [4.69, 9.17) is 0 Å². The Morgan fingerprint density at radius 2 is 2.00 bits per heavy atom. The molecule has 3 heteroatoms. The molecule has 0 amide bonds. The number of alkyl halides is 2. The average Bonchev–Trinajstić information content (AvgIpc) is 1.98. The largest absolute Gasteiger partial charge is 0.298 e. The van der Waals surface area contributed by atoms with Crippen molar-refractivity contribution in [2.75, 3.05) is 13.3 Å². The number of carbonyl (C=O) groups is 1. The summed E-state index contributed by atoms with van der Waals surface area (Å²) in [5, 5.41) is 0. The second-order valence-electron chi connectivity index (χ2n) is 1.53. The molecule has 0 aromatic heterocycles. The molecule has 0 aliphatic carbocycles. The lowest BCUT2D eigenvalue weighted by atomic mass is 10.2. The van der Waals surface area contributed by atoms with Gasteiger partial charge in [-0.1, -0.05) is 12.2 Å². The van der Waals surface area contributed by atoms with Crippen molar-refractivity contribution in [1.82, 2.24) is 0 Å². The number of halogens is 2. The molecule has 0 N–H and O–H groups in total. The van der Waals surface area contributed by atoms with Crippen molar-refractivity contribution in [3.63, 3.8) is 0 Å². The summed E-state index contributed by atoms with van der Waals surface area (Å²) in [4.78, 5) is 9.99. The van der Waals surface area contributed by atoms with Crippen LogP contribution in [-0.4, -0.2) is 19.6 Å². The maximum atomic E-state index is 11.5. The summed E-state index contributed by atoms with van der Waals surface area (Å²) in [5.74, 6) is 0. The van der Waals surface area contributed by atoms with Crippen LogP contribution in [0.15, 0.2) is 23.8 Å². The van der Waals surface area contributed by atoms with E-state index in [1.807, 2.05) is 0 Å². The lowest BCUT2D eigenvalue weighted by Gasteiger charge is -1.84. The van der Waals surface area contributed by atoms with Crippen LogP contribution >= 0.6 is 0 Å². The number of hydrogen-bond donors (Lipinski definition) is 0. The van der Waals surface area contributed by atoms with Gasteiger partial charge in [0.1, 0.15) is 19.6 Å². The smallest absolute Gasteiger partial charge is 0.149 e. The predicted octanol–water partition coefficient (Wildman–Crippen LogP) is 1.61. The van der Waals surface area contributed by atoms with E-state index in [0.29, 0.717) is 6.29 Å². The highest BCUT2D eigenvalue weighted by Gasteiger charge is 1.85. The quantitative estimate of drug-likeness (QED) is 0.334. The summed E-state index contributed by atoms with van der Waals surface area (Å²) < 4.78 is 22.9. The first kappa shape index (κ1) is 9.01. The van der Waals surface area contributed by atoms with Gasteiger partial charge < -0.3 is 0 Å². The molecule has 0 aromatic rings. The van der Waals surface area contributed by atoms with Gasteiger partial charge in [0.05, 0.1) is 0 Å². The molecule has 0 spiro atoms. The fourth-order valence-corrected chi connectivity index (χ4v) is 0.425. The molecule has 0 atom stereocenters. The summed E-state index contributed by atoms with van der Waals surface area (Å²) in [6.45, 7) is -1.35. The van der Waals surface area contributed by atoms with E-state index in [9.17, 15) is 13.6 Å². The van der Waals surface area contributed by atoms with Crippen LogP contribution in [0.2, 0.25) is 0 Å². The molecule has 0 heterocycles. The van der Waals surface area contributed by atoms with Gasteiger partial charge in [0.2, 0.25) is 0 Å². The molecule has 0 saturated heterocycles. The van der Waals surface area contributed by atoms with Crippen LogP contribution in [0.1, 0.15) is 0 Å². The second kappa shape index (κ2) is 6.13. The van der Waals surface area contributed by atoms with Crippen molar-refractivity contribution < 1.29 is 13.6 Å². The molecule has 0 aliphatic heterocycles. The summed E-state index contributed by atoms with van der Waals surface area (Å²) in [6.07, 6.45) is 3.95. The zero-order valence-electron chi connectivity index (χ0n) is 5.39. The Bertz CT molecular complexity index is 150. The normalized spacial score (nSPS) is 12.4. The molecule has 0 rings (SSSR count). The van der Waals surface area contributed by atoms with Gasteiger partial charge in [-0.2, -0.15) is 0 Å². The number of aldehydes is 1. The minimum absolute atomic E-state index is 0.167. The first-order valence-corrected chi connectivity index (χ1v) is 2.79. The lowest BCUT2D eigenvalue weighted by Crippen LogP contribution is -1.80. The summed E-state index contributed by atoms with van der Waals surface area (Å²) in [5.41, 5.74) is 0.167. The minimum atomic E-state index is -0.704. The summed E-state index contributed by atoms with van der Waals surface area (Å²) in [7, 11) is 0. The molecule has 1 nitrogen and oxygen atoms in total. The van der Waals surface area contributed by atoms with Crippen molar-refractivity contribution in [1.29, 1.82) is 0 Å². The Kier molecular flexibility index (Phi) is 5.53. The number of hydrogen-bond acceptors (Lipinski definition) is 1. The topological polar surface area (TPSA) is 17.1 Å². The highest BCUT2D eigenvalue weighted by atomic mass is 19.1. The van der Waals surface area contributed by atoms with Crippen molar-refractivity contribution in [2.24, 2.45) is 0 Å². The van der Waals surface area contributed by atoms with Gasteiger partial charge in [-0.3, -0.25) is 4.79 Å². The Balaban J connectivity index is 3.94. The molecular formula is C7H8F2O. The number of allylic oxidation sites excluding steroid dienone is 4. The first-order valence-electron chi connectivity index (χ1n) is 2.79. The van der Waals surface area contributed by atoms with Crippen LogP contribution in [0.25, 0.3) is 0 Å². The van der Waals surface area contributed by atoms with E-state index in [1.165, 1.54) is 6.08 Å². The van der Waals surface area contributed by atoms with Crippen molar-refractivity contribution >= 4 is 6.29 Å². The van der Waals surface area contributed by atoms with E-state index >= 15 is 0 Å². The maximum Gasteiger partial charge on any atom is 0.149 e. The SMILES string of the molecule is O=CC(/C=C\CF)=C/CF. The van der Waals surface area contributed by atoms with E-state index in [1.54, 1.807) is 0 Å². The van der Waals surface area contributed by atoms with Crippen LogP contribution in [0.4, 0.5) is 8.78 Å². The van der Waals surface area contributed by atoms with Crippen LogP contribution in [0, 0.1) is 0 Å². The average molecular weight is 146 g/mol. The molecule has 0 fully saturated rings. The molecular weight excluding hydrogens is 138 g/mol. The lowest BCUT2D eigenvalue weighted by molar-refractivity contribution is -0.104. The van der Waals surface area contributed by atoms with Crippen LogP contribution in [0.5, 0.6) is 0 Å². The van der Waals surface area contributed by atoms with Gasteiger partial charge in [-0.15, -0.1) is 0 Å². The first-order chi connectivity index (χ1) is 4.85. The summed E-state index contributed by atoms with van der Waals surface area (Å²) in [6, 6.07) is 0. The fourth-order valence-electron chi connectivity index (χ4n) is 0.425. The third kappa shape index (κ3) is 3.95. The molecule has 0 unspecified atom stereocenters. The van der Waals surface area contributed by atoms with Gasteiger partial charge in [-0.05, 0) is 6.08 Å². The van der Waals surface area contributed by atoms with Crippen LogP contribution < -0.4 is 0 Å². The zero-order valence-corrected chi connectivity index (χ0v) is 5.39. The zero-order chi connectivity index (χ0) is 7.82. The fraction of sp³-hybridized carbons (Fsp3) is 0.286. The molecule has 0 radical (unpaired) electrons. The van der Waals surface area contributed by atoms with Crippen molar-refractivity contribution in [3.05, 3.63) is 23.8 Å². The number of rotatable bonds is 4. The Morgan fingerprint density at radius 1 is 1.30 bits per heavy atom.